The first kappa shape index (κ1) is 11.6. The molecule has 2 aromatic carbocycles. The molecule has 94 valence electrons. The second kappa shape index (κ2) is 4.31. The summed E-state index contributed by atoms with van der Waals surface area (Å²) in [6.07, 6.45) is 1.43. The van der Waals surface area contributed by atoms with E-state index >= 15 is 0 Å². The van der Waals surface area contributed by atoms with Crippen molar-refractivity contribution in [1.29, 1.82) is 0 Å². The average molecular weight is 257 g/mol. The molecule has 0 bridgehead atoms. The summed E-state index contributed by atoms with van der Waals surface area (Å²) in [5.74, 6) is -1.22. The monoisotopic (exact) mass is 257 g/mol. The van der Waals surface area contributed by atoms with Gasteiger partial charge in [-0.2, -0.15) is 0 Å². The van der Waals surface area contributed by atoms with E-state index in [1.807, 2.05) is 0 Å². The molecule has 0 spiro atoms. The van der Waals surface area contributed by atoms with Crippen molar-refractivity contribution in [1.82, 2.24) is 0 Å². The van der Waals surface area contributed by atoms with E-state index in [2.05, 4.69) is 5.32 Å². The molecule has 0 unspecified atom stereocenters. The van der Waals surface area contributed by atoms with Crippen molar-refractivity contribution in [2.24, 2.45) is 0 Å². The number of hydrogen-bond donors (Lipinski definition) is 1. The van der Waals surface area contributed by atoms with Gasteiger partial charge in [-0.05, 0) is 30.3 Å². The van der Waals surface area contributed by atoms with Gasteiger partial charge >= 0.3 is 0 Å². The van der Waals surface area contributed by atoms with E-state index in [9.17, 15) is 13.6 Å². The fourth-order valence-corrected chi connectivity index (χ4v) is 2.05. The Morgan fingerprint density at radius 3 is 2.63 bits per heavy atom. The molecule has 1 amide bonds. The normalized spacial score (nSPS) is 15.5. The van der Waals surface area contributed by atoms with E-state index in [0.717, 1.165) is 0 Å². The quantitative estimate of drug-likeness (QED) is 0.779. The van der Waals surface area contributed by atoms with Crippen LogP contribution in [0.15, 0.2) is 42.5 Å². The van der Waals surface area contributed by atoms with E-state index in [4.69, 9.17) is 0 Å². The third kappa shape index (κ3) is 2.01. The van der Waals surface area contributed by atoms with Gasteiger partial charge in [0, 0.05) is 22.4 Å². The zero-order valence-corrected chi connectivity index (χ0v) is 9.78. The second-order valence-electron chi connectivity index (χ2n) is 4.22. The minimum Gasteiger partial charge on any atom is -0.321 e. The average Bonchev–Trinajstić information content (AvgIpc) is 2.69. The Bertz CT molecular complexity index is 707. The van der Waals surface area contributed by atoms with Crippen molar-refractivity contribution >= 4 is 23.2 Å². The predicted molar refractivity (Wildman–Crippen MR) is 69.3 cm³/mol. The highest BCUT2D eigenvalue weighted by Gasteiger charge is 2.24. The second-order valence-corrected chi connectivity index (χ2v) is 4.22. The molecule has 1 heterocycles. The first-order valence-corrected chi connectivity index (χ1v) is 5.72. The van der Waals surface area contributed by atoms with Crippen LogP contribution in [-0.2, 0) is 4.79 Å². The summed E-state index contributed by atoms with van der Waals surface area (Å²) < 4.78 is 26.8. The first-order chi connectivity index (χ1) is 9.15. The Morgan fingerprint density at radius 1 is 1.05 bits per heavy atom. The molecule has 2 nitrogen and oxygen atoms in total. The van der Waals surface area contributed by atoms with Crippen LogP contribution >= 0.6 is 0 Å². The number of carbonyl (C=O) groups excluding carboxylic acids is 1. The molecule has 0 saturated carbocycles. The number of halogens is 2. The molecule has 0 radical (unpaired) electrons. The van der Waals surface area contributed by atoms with E-state index in [1.165, 1.54) is 30.3 Å². The summed E-state index contributed by atoms with van der Waals surface area (Å²) >= 11 is 0. The lowest BCUT2D eigenvalue weighted by Gasteiger charge is -2.00. The zero-order chi connectivity index (χ0) is 13.4. The number of anilines is 1. The molecule has 0 saturated heterocycles. The van der Waals surface area contributed by atoms with Crippen LogP contribution in [0.2, 0.25) is 0 Å². The number of hydrogen-bond acceptors (Lipinski definition) is 1. The number of nitrogens with one attached hydrogen (secondary N) is 1. The van der Waals surface area contributed by atoms with Crippen LogP contribution in [0.1, 0.15) is 11.1 Å². The maximum Gasteiger partial charge on any atom is 0.256 e. The van der Waals surface area contributed by atoms with Crippen molar-refractivity contribution in [3.05, 3.63) is 65.2 Å². The predicted octanol–water partition coefficient (Wildman–Crippen LogP) is 3.46. The highest BCUT2D eigenvalue weighted by atomic mass is 19.1. The standard InChI is InChI=1S/C15H9F2NO/c16-10-5-6-14-11(8-10)12(15(19)18-14)7-9-3-1-2-4-13(9)17/h1-8H,(H,18,19)/b12-7-. The van der Waals surface area contributed by atoms with Crippen molar-refractivity contribution < 1.29 is 13.6 Å². The number of benzene rings is 2. The van der Waals surface area contributed by atoms with Gasteiger partial charge in [0.1, 0.15) is 11.6 Å². The Hall–Kier alpha value is -2.49. The maximum absolute atomic E-state index is 13.6. The lowest BCUT2D eigenvalue weighted by molar-refractivity contribution is -0.110. The fraction of sp³-hybridized carbons (Fsp3) is 0. The van der Waals surface area contributed by atoms with Crippen molar-refractivity contribution in [3.8, 4) is 0 Å². The molecule has 0 aliphatic carbocycles. The van der Waals surface area contributed by atoms with Crippen molar-refractivity contribution in [2.75, 3.05) is 5.32 Å². The highest BCUT2D eigenvalue weighted by Crippen LogP contribution is 2.33. The Balaban J connectivity index is 2.14. The fourth-order valence-electron chi connectivity index (χ4n) is 2.05. The third-order valence-corrected chi connectivity index (χ3v) is 2.97. The third-order valence-electron chi connectivity index (χ3n) is 2.97. The molecule has 0 aromatic heterocycles. The molecule has 1 N–H and O–H groups in total. The van der Waals surface area contributed by atoms with Gasteiger partial charge in [-0.25, -0.2) is 8.78 Å². The molecule has 2 aromatic rings. The van der Waals surface area contributed by atoms with Crippen molar-refractivity contribution in [2.45, 2.75) is 0 Å². The molecule has 0 atom stereocenters. The van der Waals surface area contributed by atoms with Gasteiger partial charge in [0.15, 0.2) is 0 Å². The van der Waals surface area contributed by atoms with Crippen LogP contribution in [0, 0.1) is 11.6 Å². The van der Waals surface area contributed by atoms with Crippen LogP contribution < -0.4 is 5.32 Å². The summed E-state index contributed by atoms with van der Waals surface area (Å²) in [7, 11) is 0. The Morgan fingerprint density at radius 2 is 1.84 bits per heavy atom. The lowest BCUT2D eigenvalue weighted by atomic mass is 10.0. The molecular weight excluding hydrogens is 248 g/mol. The minimum atomic E-state index is -0.435. The largest absolute Gasteiger partial charge is 0.321 e. The molecule has 4 heteroatoms. The van der Waals surface area contributed by atoms with Gasteiger partial charge in [-0.3, -0.25) is 4.79 Å². The number of amides is 1. The van der Waals surface area contributed by atoms with Gasteiger partial charge in [-0.15, -0.1) is 0 Å². The Kier molecular flexibility index (Phi) is 2.63. The van der Waals surface area contributed by atoms with Crippen molar-refractivity contribution in [3.63, 3.8) is 0 Å². The summed E-state index contributed by atoms with van der Waals surface area (Å²) in [4.78, 5) is 11.8. The van der Waals surface area contributed by atoms with Crippen LogP contribution in [0.4, 0.5) is 14.5 Å². The van der Waals surface area contributed by atoms with Crippen LogP contribution in [-0.4, -0.2) is 5.91 Å². The topological polar surface area (TPSA) is 29.1 Å². The first-order valence-electron chi connectivity index (χ1n) is 5.72. The molecule has 0 fully saturated rings. The molecule has 1 aliphatic heterocycles. The number of carbonyl (C=O) groups is 1. The van der Waals surface area contributed by atoms with E-state index < -0.39 is 11.6 Å². The number of fused-ring (bicyclic) bond motifs is 1. The van der Waals surface area contributed by atoms with Crippen LogP contribution in [0.25, 0.3) is 11.6 Å². The zero-order valence-electron chi connectivity index (χ0n) is 9.78. The SMILES string of the molecule is O=C1Nc2ccc(F)cc2/C1=C/c1ccccc1F. The van der Waals surface area contributed by atoms with E-state index in [0.29, 0.717) is 16.8 Å². The molecule has 19 heavy (non-hydrogen) atoms. The lowest BCUT2D eigenvalue weighted by Crippen LogP contribution is -2.03. The maximum atomic E-state index is 13.6. The van der Waals surface area contributed by atoms with E-state index in [-0.39, 0.29) is 11.5 Å². The molecular formula is C15H9F2NO. The molecule has 1 aliphatic rings. The van der Waals surface area contributed by atoms with Gasteiger partial charge in [0.2, 0.25) is 0 Å². The molecule has 3 rings (SSSR count). The van der Waals surface area contributed by atoms with Gasteiger partial charge in [-0.1, -0.05) is 18.2 Å². The Labute approximate surface area is 108 Å². The summed E-state index contributed by atoms with van der Waals surface area (Å²) in [6.45, 7) is 0. The van der Waals surface area contributed by atoms with Gasteiger partial charge in [0.05, 0.1) is 0 Å². The van der Waals surface area contributed by atoms with Gasteiger partial charge in [0.25, 0.3) is 5.91 Å². The van der Waals surface area contributed by atoms with Gasteiger partial charge < -0.3 is 5.32 Å². The van der Waals surface area contributed by atoms with Crippen LogP contribution in [0.3, 0.4) is 0 Å². The smallest absolute Gasteiger partial charge is 0.256 e. The summed E-state index contributed by atoms with van der Waals surface area (Å²) in [5.41, 5.74) is 1.55. The summed E-state index contributed by atoms with van der Waals surface area (Å²) in [6, 6.07) is 10.1. The number of rotatable bonds is 1. The highest BCUT2D eigenvalue weighted by molar-refractivity contribution is 6.34. The van der Waals surface area contributed by atoms with Crippen LogP contribution in [0.5, 0.6) is 0 Å². The van der Waals surface area contributed by atoms with E-state index in [1.54, 1.807) is 18.2 Å². The summed E-state index contributed by atoms with van der Waals surface area (Å²) in [5, 5.41) is 2.62. The minimum absolute atomic E-state index is 0.264.